The Hall–Kier alpha value is -6.21. The van der Waals surface area contributed by atoms with Crippen molar-refractivity contribution in [1.82, 2.24) is 34.7 Å². The molecule has 0 aliphatic heterocycles. The Morgan fingerprint density at radius 1 is 0.612 bits per heavy atom. The number of rotatable bonds is 10. The van der Waals surface area contributed by atoms with E-state index in [1.165, 1.54) is 5.56 Å². The van der Waals surface area contributed by atoms with E-state index in [9.17, 15) is 0 Å². The maximum atomic E-state index is 4.88. The molecular weight excluding hydrogens is 603 g/mol. The molecule has 49 heavy (non-hydrogen) atoms. The largest absolute Gasteiger partial charge is 0.308 e. The molecule has 0 aliphatic rings. The smallest absolute Gasteiger partial charge is 0.184 e. The van der Waals surface area contributed by atoms with Crippen molar-refractivity contribution < 1.29 is 0 Å². The van der Waals surface area contributed by atoms with Crippen molar-refractivity contribution in [2.75, 3.05) is 0 Å². The van der Waals surface area contributed by atoms with E-state index in [4.69, 9.17) is 15.3 Å². The molecule has 0 radical (unpaired) electrons. The quantitative estimate of drug-likeness (QED) is 0.140. The summed E-state index contributed by atoms with van der Waals surface area (Å²) in [6, 6.07) is 52.6. The minimum atomic E-state index is -0.836. The fourth-order valence-electron chi connectivity index (χ4n) is 6.97. The molecule has 8 aromatic rings. The van der Waals surface area contributed by atoms with Crippen LogP contribution in [0.15, 0.2) is 158 Å². The van der Waals surface area contributed by atoms with Crippen molar-refractivity contribution in [1.29, 1.82) is 0 Å². The number of tetrazole rings is 1. The average Bonchev–Trinajstić information content (AvgIpc) is 3.79. The average molecular weight is 638 g/mol. The third kappa shape index (κ3) is 5.39. The highest BCUT2D eigenvalue weighted by atomic mass is 15.6. The number of aromatic nitrogens is 7. The normalized spacial score (nSPS) is 11.6. The SMILES string of the molecule is CCCc1nc2cccnc2n1Cc1ccc(-c2ccccc2-c2nnnn2C(c2ccccc2)(c2ccccc2)c2ccccc2)cc1. The van der Waals surface area contributed by atoms with E-state index in [-0.39, 0.29) is 0 Å². The van der Waals surface area contributed by atoms with Crippen molar-refractivity contribution in [3.05, 3.63) is 186 Å². The van der Waals surface area contributed by atoms with Gasteiger partial charge in [0.05, 0.1) is 6.54 Å². The Bertz CT molecular complexity index is 2210. The topological polar surface area (TPSA) is 74.3 Å². The van der Waals surface area contributed by atoms with Gasteiger partial charge < -0.3 is 4.57 Å². The lowest BCUT2D eigenvalue weighted by molar-refractivity contribution is 0.451. The van der Waals surface area contributed by atoms with E-state index in [0.717, 1.165) is 63.2 Å². The molecular formula is C42H35N7. The van der Waals surface area contributed by atoms with Gasteiger partial charge in [0.15, 0.2) is 11.5 Å². The second-order valence-electron chi connectivity index (χ2n) is 12.2. The van der Waals surface area contributed by atoms with Crippen LogP contribution in [0.3, 0.4) is 0 Å². The summed E-state index contributed by atoms with van der Waals surface area (Å²) in [6.45, 7) is 2.89. The van der Waals surface area contributed by atoms with Gasteiger partial charge in [-0.25, -0.2) is 14.6 Å². The summed E-state index contributed by atoms with van der Waals surface area (Å²) in [6.07, 6.45) is 3.78. The van der Waals surface area contributed by atoms with Gasteiger partial charge in [0.1, 0.15) is 16.9 Å². The minimum absolute atomic E-state index is 0.677. The standard InChI is InChI=1S/C42H35N7/c1-2-15-39-44-38-24-14-29-43-41(38)48(39)30-31-25-27-32(28-26-31)36-22-12-13-23-37(36)40-45-46-47-49(40)42(33-16-6-3-7-17-33,34-18-8-4-9-19-34)35-20-10-5-11-21-35/h3-14,16-29H,2,15,30H2,1H3. The highest BCUT2D eigenvalue weighted by Crippen LogP contribution is 2.43. The fraction of sp³-hybridized carbons (Fsp3) is 0.119. The van der Waals surface area contributed by atoms with Gasteiger partial charge in [0.25, 0.3) is 0 Å². The molecule has 5 aromatic carbocycles. The molecule has 0 saturated carbocycles. The summed E-state index contributed by atoms with van der Waals surface area (Å²) in [5.41, 5.74) is 8.47. The van der Waals surface area contributed by atoms with Gasteiger partial charge in [-0.05, 0) is 62.4 Å². The van der Waals surface area contributed by atoms with E-state index in [1.807, 2.05) is 47.3 Å². The van der Waals surface area contributed by atoms with Crippen molar-refractivity contribution in [2.24, 2.45) is 0 Å². The maximum absolute atomic E-state index is 4.88. The number of hydrogen-bond donors (Lipinski definition) is 0. The molecule has 7 heteroatoms. The maximum Gasteiger partial charge on any atom is 0.184 e. The summed E-state index contributed by atoms with van der Waals surface area (Å²) in [5.74, 6) is 1.74. The van der Waals surface area contributed by atoms with Crippen LogP contribution < -0.4 is 0 Å². The minimum Gasteiger partial charge on any atom is -0.308 e. The van der Waals surface area contributed by atoms with Gasteiger partial charge in [-0.2, -0.15) is 0 Å². The van der Waals surface area contributed by atoms with Crippen LogP contribution in [0.2, 0.25) is 0 Å². The van der Waals surface area contributed by atoms with Crippen LogP contribution in [0.5, 0.6) is 0 Å². The molecule has 0 N–H and O–H groups in total. The van der Waals surface area contributed by atoms with E-state index in [0.29, 0.717) is 12.4 Å². The fourth-order valence-corrected chi connectivity index (χ4v) is 6.97. The van der Waals surface area contributed by atoms with Gasteiger partial charge >= 0.3 is 0 Å². The van der Waals surface area contributed by atoms with Crippen LogP contribution in [0.4, 0.5) is 0 Å². The molecule has 8 rings (SSSR count). The molecule has 3 aromatic heterocycles. The summed E-state index contributed by atoms with van der Waals surface area (Å²) in [4.78, 5) is 9.54. The number of aryl methyl sites for hydroxylation is 1. The highest BCUT2D eigenvalue weighted by molar-refractivity contribution is 5.81. The molecule has 0 fully saturated rings. The summed E-state index contributed by atoms with van der Waals surface area (Å²) in [5, 5.41) is 13.8. The molecule has 0 amide bonds. The first-order chi connectivity index (χ1) is 24.3. The summed E-state index contributed by atoms with van der Waals surface area (Å²) >= 11 is 0. The van der Waals surface area contributed by atoms with Crippen LogP contribution >= 0.6 is 0 Å². The third-order valence-electron chi connectivity index (χ3n) is 9.19. The van der Waals surface area contributed by atoms with Crippen LogP contribution in [-0.4, -0.2) is 34.7 Å². The summed E-state index contributed by atoms with van der Waals surface area (Å²) in [7, 11) is 0. The van der Waals surface area contributed by atoms with Crippen molar-refractivity contribution in [2.45, 2.75) is 31.8 Å². The van der Waals surface area contributed by atoms with Crippen molar-refractivity contribution >= 4 is 11.2 Å². The van der Waals surface area contributed by atoms with Gasteiger partial charge in [0, 0.05) is 18.2 Å². The van der Waals surface area contributed by atoms with Gasteiger partial charge in [-0.1, -0.05) is 146 Å². The number of hydrogen-bond acceptors (Lipinski definition) is 5. The number of fused-ring (bicyclic) bond motifs is 1. The summed E-state index contributed by atoms with van der Waals surface area (Å²) < 4.78 is 4.23. The van der Waals surface area contributed by atoms with Crippen LogP contribution in [0.1, 0.15) is 41.4 Å². The van der Waals surface area contributed by atoms with Gasteiger partial charge in [-0.15, -0.1) is 5.10 Å². The molecule has 0 aliphatic carbocycles. The lowest BCUT2D eigenvalue weighted by Gasteiger charge is -2.36. The van der Waals surface area contributed by atoms with Gasteiger partial charge in [-0.3, -0.25) is 0 Å². The zero-order valence-electron chi connectivity index (χ0n) is 27.3. The first-order valence-corrected chi connectivity index (χ1v) is 16.7. The highest BCUT2D eigenvalue weighted by Gasteiger charge is 2.42. The van der Waals surface area contributed by atoms with Crippen LogP contribution in [0.25, 0.3) is 33.7 Å². The van der Waals surface area contributed by atoms with Crippen LogP contribution in [0, 0.1) is 0 Å². The zero-order chi connectivity index (χ0) is 33.0. The first-order valence-electron chi connectivity index (χ1n) is 16.7. The van der Waals surface area contributed by atoms with E-state index >= 15 is 0 Å². The second-order valence-corrected chi connectivity index (χ2v) is 12.2. The van der Waals surface area contributed by atoms with Gasteiger partial charge in [0.2, 0.25) is 0 Å². The van der Waals surface area contributed by atoms with Crippen molar-refractivity contribution in [3.8, 4) is 22.5 Å². The van der Waals surface area contributed by atoms with E-state index < -0.39 is 5.54 Å². The lowest BCUT2D eigenvalue weighted by atomic mass is 9.77. The Kier molecular flexibility index (Phi) is 8.07. The zero-order valence-corrected chi connectivity index (χ0v) is 27.3. The predicted octanol–water partition coefficient (Wildman–Crippen LogP) is 8.59. The number of nitrogens with zero attached hydrogens (tertiary/aromatic N) is 7. The Labute approximate surface area is 285 Å². The molecule has 3 heterocycles. The van der Waals surface area contributed by atoms with Crippen molar-refractivity contribution in [3.63, 3.8) is 0 Å². The Morgan fingerprint density at radius 3 is 1.82 bits per heavy atom. The third-order valence-corrected chi connectivity index (χ3v) is 9.19. The van der Waals surface area contributed by atoms with E-state index in [1.54, 1.807) is 0 Å². The Balaban J connectivity index is 1.24. The predicted molar refractivity (Wildman–Crippen MR) is 194 cm³/mol. The number of pyridine rings is 1. The first kappa shape index (κ1) is 30.1. The number of benzene rings is 5. The molecule has 0 unspecified atom stereocenters. The lowest BCUT2D eigenvalue weighted by Crippen LogP contribution is -2.39. The van der Waals surface area contributed by atoms with Crippen LogP contribution in [-0.2, 0) is 18.5 Å². The number of imidazole rings is 1. The molecule has 0 atom stereocenters. The molecule has 238 valence electrons. The molecule has 7 nitrogen and oxygen atoms in total. The Morgan fingerprint density at radius 2 is 1.20 bits per heavy atom. The monoisotopic (exact) mass is 637 g/mol. The van der Waals surface area contributed by atoms with E-state index in [2.05, 4.69) is 137 Å². The molecule has 0 bridgehead atoms. The second kappa shape index (κ2) is 13.1. The molecule has 0 spiro atoms. The molecule has 0 saturated heterocycles.